The molecular weight excluding hydrogens is 522 g/mol. The predicted octanol–water partition coefficient (Wildman–Crippen LogP) is 4.40. The minimum absolute atomic E-state index is 0.0660. The van der Waals surface area contributed by atoms with Crippen molar-refractivity contribution in [1.82, 2.24) is 0 Å². The van der Waals surface area contributed by atoms with Crippen molar-refractivity contribution in [3.8, 4) is 40.2 Å². The number of carbonyl (C=O) groups excluding carboxylic acids is 2. The number of benzene rings is 3. The zero-order valence-corrected chi connectivity index (χ0v) is 22.1. The molecule has 2 aliphatic rings. The second-order valence-electron chi connectivity index (χ2n) is 8.35. The third-order valence-corrected chi connectivity index (χ3v) is 5.91. The average molecular weight is 548 g/mol. The summed E-state index contributed by atoms with van der Waals surface area (Å²) in [6.45, 7) is 2.22. The van der Waals surface area contributed by atoms with Crippen LogP contribution in [-0.2, 0) is 9.53 Å². The predicted molar refractivity (Wildman–Crippen MR) is 142 cm³/mol. The van der Waals surface area contributed by atoms with Crippen LogP contribution in [0.25, 0.3) is 6.08 Å². The van der Waals surface area contributed by atoms with E-state index in [0.29, 0.717) is 57.8 Å². The lowest BCUT2D eigenvalue weighted by Crippen LogP contribution is -2.09. The van der Waals surface area contributed by atoms with E-state index in [9.17, 15) is 9.59 Å². The lowest BCUT2D eigenvalue weighted by Gasteiger charge is -2.13. The number of fused-ring (bicyclic) bond motifs is 1. The van der Waals surface area contributed by atoms with E-state index in [2.05, 4.69) is 4.99 Å². The molecule has 0 bridgehead atoms. The highest BCUT2D eigenvalue weighted by Crippen LogP contribution is 2.39. The second kappa shape index (κ2) is 11.3. The fourth-order valence-electron chi connectivity index (χ4n) is 4.04. The van der Waals surface area contributed by atoms with Crippen LogP contribution in [0.2, 0.25) is 0 Å². The van der Waals surface area contributed by atoms with Gasteiger partial charge in [0.25, 0.3) is 0 Å². The summed E-state index contributed by atoms with van der Waals surface area (Å²) in [5, 5.41) is 0. The molecule has 40 heavy (non-hydrogen) atoms. The van der Waals surface area contributed by atoms with Crippen molar-refractivity contribution < 1.29 is 47.5 Å². The minimum atomic E-state index is -0.639. The van der Waals surface area contributed by atoms with Crippen LogP contribution in [0.5, 0.6) is 40.2 Å². The van der Waals surface area contributed by atoms with E-state index in [1.807, 2.05) is 0 Å². The van der Waals surface area contributed by atoms with Gasteiger partial charge in [0.05, 0.1) is 33.5 Å². The smallest absolute Gasteiger partial charge is 0.363 e. The Kier molecular flexibility index (Phi) is 7.45. The van der Waals surface area contributed by atoms with Crippen LogP contribution in [0.3, 0.4) is 0 Å². The van der Waals surface area contributed by atoms with E-state index in [1.165, 1.54) is 21.3 Å². The van der Waals surface area contributed by atoms with Crippen LogP contribution in [0.15, 0.2) is 59.2 Å². The summed E-state index contributed by atoms with van der Waals surface area (Å²) in [5.74, 6) is 1.58. The molecule has 0 aromatic heterocycles. The Morgan fingerprint density at radius 3 is 2.35 bits per heavy atom. The van der Waals surface area contributed by atoms with Crippen LogP contribution < -0.4 is 33.2 Å². The van der Waals surface area contributed by atoms with Gasteiger partial charge >= 0.3 is 11.9 Å². The molecule has 11 nitrogen and oxygen atoms in total. The Bertz CT molecular complexity index is 1520. The molecule has 3 aromatic rings. The van der Waals surface area contributed by atoms with Crippen molar-refractivity contribution in [3.63, 3.8) is 0 Å². The zero-order chi connectivity index (χ0) is 28.2. The molecular formula is C29H25NO10. The van der Waals surface area contributed by atoms with Gasteiger partial charge in [0.15, 0.2) is 40.2 Å². The van der Waals surface area contributed by atoms with Gasteiger partial charge in [0.2, 0.25) is 18.4 Å². The molecule has 3 aromatic carbocycles. The summed E-state index contributed by atoms with van der Waals surface area (Å²) >= 11 is 0. The normalized spacial score (nSPS) is 14.4. The first-order valence-corrected chi connectivity index (χ1v) is 12.2. The van der Waals surface area contributed by atoms with Gasteiger partial charge in [-0.2, -0.15) is 0 Å². The molecule has 2 aliphatic heterocycles. The van der Waals surface area contributed by atoms with Gasteiger partial charge in [-0.3, -0.25) is 0 Å². The summed E-state index contributed by atoms with van der Waals surface area (Å²) in [7, 11) is 4.47. The maximum Gasteiger partial charge on any atom is 0.363 e. The molecule has 0 atom stereocenters. The molecule has 2 heterocycles. The molecule has 0 N–H and O–H groups in total. The van der Waals surface area contributed by atoms with E-state index in [1.54, 1.807) is 61.5 Å². The van der Waals surface area contributed by atoms with Crippen LogP contribution in [-0.4, -0.2) is 52.6 Å². The first-order chi connectivity index (χ1) is 19.4. The standard InChI is InChI=1S/C29H25NO10/c1-5-36-22-11-16(6-8-21(22)39-28(31)17-7-9-20-23(12-17)38-15-37-20)10-19-29(32)40-27(30-19)18-13-24(33-2)26(35-4)25(14-18)34-3/h6-14H,5,15H2,1-4H3/b19-10-. The van der Waals surface area contributed by atoms with Crippen molar-refractivity contribution >= 4 is 23.9 Å². The van der Waals surface area contributed by atoms with Gasteiger partial charge in [-0.1, -0.05) is 6.07 Å². The van der Waals surface area contributed by atoms with Crippen LogP contribution in [0.4, 0.5) is 0 Å². The number of cyclic esters (lactones) is 1. The second-order valence-corrected chi connectivity index (χ2v) is 8.35. The fourth-order valence-corrected chi connectivity index (χ4v) is 4.04. The van der Waals surface area contributed by atoms with Crippen LogP contribution in [0, 0.1) is 0 Å². The van der Waals surface area contributed by atoms with Gasteiger partial charge in [-0.25, -0.2) is 14.6 Å². The minimum Gasteiger partial charge on any atom is -0.493 e. The molecule has 5 rings (SSSR count). The number of esters is 2. The third-order valence-electron chi connectivity index (χ3n) is 5.91. The van der Waals surface area contributed by atoms with E-state index in [-0.39, 0.29) is 24.1 Å². The summed E-state index contributed by atoms with van der Waals surface area (Å²) in [6, 6.07) is 12.9. The highest BCUT2D eigenvalue weighted by Gasteiger charge is 2.27. The van der Waals surface area contributed by atoms with Crippen LogP contribution >= 0.6 is 0 Å². The summed E-state index contributed by atoms with van der Waals surface area (Å²) in [5.41, 5.74) is 1.40. The molecule has 0 saturated carbocycles. The van der Waals surface area contributed by atoms with E-state index < -0.39 is 11.9 Å². The van der Waals surface area contributed by atoms with Crippen molar-refractivity contribution in [2.45, 2.75) is 6.92 Å². The number of nitrogens with zero attached hydrogens (tertiary/aromatic N) is 1. The van der Waals surface area contributed by atoms with Gasteiger partial charge in [-0.05, 0) is 61.0 Å². The Morgan fingerprint density at radius 1 is 0.900 bits per heavy atom. The highest BCUT2D eigenvalue weighted by molar-refractivity contribution is 6.13. The molecule has 0 aliphatic carbocycles. The van der Waals surface area contributed by atoms with Crippen molar-refractivity contribution in [2.24, 2.45) is 4.99 Å². The molecule has 206 valence electrons. The molecule has 0 spiro atoms. The largest absolute Gasteiger partial charge is 0.493 e. The summed E-state index contributed by atoms with van der Waals surface area (Å²) in [6.07, 6.45) is 1.54. The number of ether oxygens (including phenoxy) is 8. The van der Waals surface area contributed by atoms with Crippen molar-refractivity contribution in [2.75, 3.05) is 34.7 Å². The number of carbonyl (C=O) groups is 2. The van der Waals surface area contributed by atoms with Gasteiger partial charge in [0, 0.05) is 5.56 Å². The van der Waals surface area contributed by atoms with Crippen molar-refractivity contribution in [3.05, 3.63) is 70.9 Å². The Morgan fingerprint density at radius 2 is 1.65 bits per heavy atom. The molecule has 0 saturated heterocycles. The van der Waals surface area contributed by atoms with Gasteiger partial charge < -0.3 is 37.9 Å². The molecule has 0 amide bonds. The first kappa shape index (κ1) is 26.4. The van der Waals surface area contributed by atoms with E-state index in [4.69, 9.17) is 37.9 Å². The fraction of sp³-hybridized carbons (Fsp3) is 0.207. The number of aliphatic imine (C=N–C) groups is 1. The van der Waals surface area contributed by atoms with E-state index in [0.717, 1.165) is 0 Å². The number of rotatable bonds is 9. The molecule has 11 heteroatoms. The Balaban J connectivity index is 1.40. The SMILES string of the molecule is CCOc1cc(/C=C2\N=C(c3cc(OC)c(OC)c(OC)c3)OC2=O)ccc1OC(=O)c1ccc2c(c1)OCO2. The third kappa shape index (κ3) is 5.21. The monoisotopic (exact) mass is 547 g/mol. The topological polar surface area (TPSA) is 120 Å². The average Bonchev–Trinajstić information content (AvgIpc) is 3.59. The number of hydrogen-bond acceptors (Lipinski definition) is 11. The van der Waals surface area contributed by atoms with Gasteiger partial charge in [-0.15, -0.1) is 0 Å². The first-order valence-electron chi connectivity index (χ1n) is 12.2. The summed E-state index contributed by atoms with van der Waals surface area (Å²) < 4.78 is 43.4. The van der Waals surface area contributed by atoms with E-state index >= 15 is 0 Å². The quantitative estimate of drug-likeness (QED) is 0.216. The molecule has 0 radical (unpaired) electrons. The Hall–Kier alpha value is -5.19. The zero-order valence-electron chi connectivity index (χ0n) is 22.1. The highest BCUT2D eigenvalue weighted by atomic mass is 16.7. The number of methoxy groups -OCH3 is 3. The molecule has 0 fully saturated rings. The lowest BCUT2D eigenvalue weighted by atomic mass is 10.1. The lowest BCUT2D eigenvalue weighted by molar-refractivity contribution is -0.129. The molecule has 0 unspecified atom stereocenters. The number of hydrogen-bond donors (Lipinski definition) is 0. The Labute approximate surface area is 229 Å². The van der Waals surface area contributed by atoms with Crippen molar-refractivity contribution in [1.29, 1.82) is 0 Å². The maximum absolute atomic E-state index is 12.8. The van der Waals surface area contributed by atoms with Gasteiger partial charge in [0.1, 0.15) is 0 Å². The summed E-state index contributed by atoms with van der Waals surface area (Å²) in [4.78, 5) is 29.8. The van der Waals surface area contributed by atoms with Crippen LogP contribution in [0.1, 0.15) is 28.4 Å². The maximum atomic E-state index is 12.8.